The zero-order valence-electron chi connectivity index (χ0n) is 21.1. The average molecular weight is 511 g/mol. The Balaban J connectivity index is 1.19. The summed E-state index contributed by atoms with van der Waals surface area (Å²) in [7, 11) is 1.61. The molecule has 0 atom stereocenters. The highest BCUT2D eigenvalue weighted by atomic mass is 16.5. The number of fused-ring (bicyclic) bond motifs is 3. The Morgan fingerprint density at radius 1 is 1.05 bits per heavy atom. The number of hydrogen-bond donors (Lipinski definition) is 1. The van der Waals surface area contributed by atoms with Gasteiger partial charge in [-0.1, -0.05) is 18.2 Å². The van der Waals surface area contributed by atoms with E-state index >= 15 is 0 Å². The first-order valence-corrected chi connectivity index (χ1v) is 12.5. The number of methoxy groups -OCH3 is 1. The average Bonchev–Trinajstić information content (AvgIpc) is 3.53. The number of aromatic nitrogens is 5. The Kier molecular flexibility index (Phi) is 5.79. The van der Waals surface area contributed by atoms with Crippen molar-refractivity contribution in [1.82, 2.24) is 29.3 Å². The van der Waals surface area contributed by atoms with Crippen LogP contribution in [-0.4, -0.2) is 54.7 Å². The minimum atomic E-state index is -0.235. The number of amides is 1. The summed E-state index contributed by atoms with van der Waals surface area (Å²) < 4.78 is 8.01. The van der Waals surface area contributed by atoms with Gasteiger partial charge in [-0.3, -0.25) is 19.5 Å². The van der Waals surface area contributed by atoms with Crippen molar-refractivity contribution in [1.29, 1.82) is 0 Å². The third-order valence-electron chi connectivity index (χ3n) is 7.08. The van der Waals surface area contributed by atoms with Gasteiger partial charge in [-0.15, -0.1) is 0 Å². The fourth-order valence-corrected chi connectivity index (χ4v) is 5.00. The molecular weight excluding hydrogens is 484 g/mol. The van der Waals surface area contributed by atoms with Crippen molar-refractivity contribution >= 4 is 28.4 Å². The van der Waals surface area contributed by atoms with Gasteiger partial charge in [0, 0.05) is 37.3 Å². The van der Waals surface area contributed by atoms with E-state index in [0.717, 1.165) is 33.6 Å². The van der Waals surface area contributed by atoms with E-state index in [0.29, 0.717) is 29.9 Å². The van der Waals surface area contributed by atoms with Crippen LogP contribution < -0.4 is 10.3 Å². The second-order valence-electron chi connectivity index (χ2n) is 9.41. The van der Waals surface area contributed by atoms with Crippen LogP contribution in [0, 0.1) is 6.92 Å². The minimum absolute atomic E-state index is 0.0332. The number of aryl methyl sites for hydroxylation is 1. The first-order valence-electron chi connectivity index (χ1n) is 12.5. The highest BCUT2D eigenvalue weighted by molar-refractivity contribution is 5.93. The van der Waals surface area contributed by atoms with E-state index in [1.54, 1.807) is 12.0 Å². The van der Waals surface area contributed by atoms with Crippen molar-refractivity contribution < 1.29 is 14.3 Å². The fraction of sp³-hybridized carbons (Fsp3) is 0.250. The Hall–Kier alpha value is -4.73. The first kappa shape index (κ1) is 23.7. The van der Waals surface area contributed by atoms with E-state index in [1.165, 1.54) is 9.20 Å². The molecule has 6 rings (SSSR count). The summed E-state index contributed by atoms with van der Waals surface area (Å²) in [5.74, 6) is 0.336. The molecule has 3 aromatic heterocycles. The molecular formula is C28H26N6O4. The van der Waals surface area contributed by atoms with Crippen LogP contribution in [0.3, 0.4) is 0 Å². The maximum Gasteiger partial charge on any atom is 0.277 e. The number of nitrogens with one attached hydrogen (secondary N) is 1. The normalized spacial score (nSPS) is 13.2. The quantitative estimate of drug-likeness (QED) is 0.388. The Labute approximate surface area is 217 Å². The molecule has 10 nitrogen and oxygen atoms in total. The van der Waals surface area contributed by atoms with E-state index in [4.69, 9.17) is 9.72 Å². The lowest BCUT2D eigenvalue weighted by atomic mass is 10.1. The van der Waals surface area contributed by atoms with Gasteiger partial charge in [0.2, 0.25) is 11.8 Å². The van der Waals surface area contributed by atoms with Gasteiger partial charge < -0.3 is 9.64 Å². The topological polar surface area (TPSA) is 115 Å². The van der Waals surface area contributed by atoms with Gasteiger partial charge in [-0.05, 0) is 42.8 Å². The molecule has 0 aliphatic carbocycles. The molecule has 1 aliphatic rings. The van der Waals surface area contributed by atoms with Gasteiger partial charge >= 0.3 is 0 Å². The predicted octanol–water partition coefficient (Wildman–Crippen LogP) is 3.36. The van der Waals surface area contributed by atoms with Gasteiger partial charge in [0.05, 0.1) is 41.8 Å². The molecule has 1 N–H and O–H groups in total. The Morgan fingerprint density at radius 2 is 1.82 bits per heavy atom. The van der Waals surface area contributed by atoms with E-state index in [9.17, 15) is 14.4 Å². The van der Waals surface area contributed by atoms with E-state index in [2.05, 4.69) is 10.2 Å². The van der Waals surface area contributed by atoms with Crippen LogP contribution in [0.25, 0.3) is 27.8 Å². The van der Waals surface area contributed by atoms with Crippen LogP contribution in [0.2, 0.25) is 0 Å². The monoisotopic (exact) mass is 510 g/mol. The number of aromatic amines is 1. The molecule has 2 aromatic carbocycles. The lowest BCUT2D eigenvalue weighted by molar-refractivity contribution is -0.132. The van der Waals surface area contributed by atoms with Crippen LogP contribution in [-0.2, 0) is 17.8 Å². The van der Waals surface area contributed by atoms with E-state index < -0.39 is 0 Å². The smallest absolute Gasteiger partial charge is 0.277 e. The molecule has 0 radical (unpaired) electrons. The summed E-state index contributed by atoms with van der Waals surface area (Å²) in [6.45, 7) is 2.47. The Morgan fingerprint density at radius 3 is 2.61 bits per heavy atom. The molecule has 0 saturated carbocycles. The van der Waals surface area contributed by atoms with Gasteiger partial charge in [0.1, 0.15) is 5.75 Å². The van der Waals surface area contributed by atoms with Crippen LogP contribution in [0.4, 0.5) is 0 Å². The van der Waals surface area contributed by atoms with Gasteiger partial charge in [-0.2, -0.15) is 9.78 Å². The SMILES string of the molecule is COc1ccc(-c2cc3nc4c(c(=O)n3[nH]2)CN(C(=O)CCC(=O)n2nc(C)c3ccccc32)CC4)cc1. The van der Waals surface area contributed by atoms with Crippen LogP contribution in [0.15, 0.2) is 59.4 Å². The molecule has 4 heterocycles. The Bertz CT molecular complexity index is 1760. The fourth-order valence-electron chi connectivity index (χ4n) is 5.00. The zero-order chi connectivity index (χ0) is 26.4. The number of rotatable bonds is 5. The molecule has 1 aliphatic heterocycles. The first-order chi connectivity index (χ1) is 18.4. The standard InChI is InChI=1S/C28H26N6O4/c1-17-20-5-3-4-6-24(20)33(30-17)27(36)12-11-26(35)32-14-13-22-21(16-32)28(37)34-25(29-22)15-23(31-34)18-7-9-19(38-2)10-8-18/h3-10,15,31H,11-14,16H2,1-2H3. The summed E-state index contributed by atoms with van der Waals surface area (Å²) in [6.07, 6.45) is 0.556. The lowest BCUT2D eigenvalue weighted by Gasteiger charge is -2.27. The summed E-state index contributed by atoms with van der Waals surface area (Å²) >= 11 is 0. The number of carbonyl (C=O) groups is 2. The molecule has 0 fully saturated rings. The number of hydrogen-bond acceptors (Lipinski definition) is 6. The number of H-pyrrole nitrogens is 1. The molecule has 38 heavy (non-hydrogen) atoms. The van der Waals surface area contributed by atoms with E-state index in [-0.39, 0.29) is 36.8 Å². The highest BCUT2D eigenvalue weighted by Crippen LogP contribution is 2.23. The highest BCUT2D eigenvalue weighted by Gasteiger charge is 2.26. The van der Waals surface area contributed by atoms with Crippen molar-refractivity contribution in [3.8, 4) is 17.0 Å². The zero-order valence-corrected chi connectivity index (χ0v) is 21.1. The van der Waals surface area contributed by atoms with Gasteiger partial charge in [0.25, 0.3) is 5.56 Å². The number of benzene rings is 2. The summed E-state index contributed by atoms with van der Waals surface area (Å²) in [6, 6.07) is 16.9. The van der Waals surface area contributed by atoms with Crippen LogP contribution >= 0.6 is 0 Å². The molecule has 10 heteroatoms. The van der Waals surface area contributed by atoms with Crippen molar-refractivity contribution in [3.05, 3.63) is 81.9 Å². The minimum Gasteiger partial charge on any atom is -0.497 e. The number of para-hydroxylation sites is 1. The van der Waals surface area contributed by atoms with Crippen molar-refractivity contribution in [3.63, 3.8) is 0 Å². The lowest BCUT2D eigenvalue weighted by Crippen LogP contribution is -2.40. The maximum atomic E-state index is 13.3. The van der Waals surface area contributed by atoms with Crippen LogP contribution in [0.5, 0.6) is 5.75 Å². The number of nitrogens with zero attached hydrogens (tertiary/aromatic N) is 5. The third-order valence-corrected chi connectivity index (χ3v) is 7.08. The summed E-state index contributed by atoms with van der Waals surface area (Å²) in [4.78, 5) is 45.6. The van der Waals surface area contributed by atoms with Crippen molar-refractivity contribution in [2.75, 3.05) is 13.7 Å². The second-order valence-corrected chi connectivity index (χ2v) is 9.41. The van der Waals surface area contributed by atoms with Crippen molar-refractivity contribution in [2.24, 2.45) is 0 Å². The predicted molar refractivity (Wildman–Crippen MR) is 141 cm³/mol. The van der Waals surface area contributed by atoms with Gasteiger partial charge in [-0.25, -0.2) is 9.50 Å². The molecule has 5 aromatic rings. The van der Waals surface area contributed by atoms with E-state index in [1.807, 2.05) is 61.5 Å². The molecule has 0 saturated heterocycles. The third kappa shape index (κ3) is 4.03. The molecule has 192 valence electrons. The number of ether oxygens (including phenoxy) is 1. The summed E-state index contributed by atoms with van der Waals surface area (Å²) in [5.41, 5.74) is 4.66. The molecule has 0 bridgehead atoms. The molecule has 0 unspecified atom stereocenters. The van der Waals surface area contributed by atoms with Crippen LogP contribution in [0.1, 0.15) is 34.6 Å². The second kappa shape index (κ2) is 9.29. The molecule has 1 amide bonds. The molecule has 0 spiro atoms. The summed E-state index contributed by atoms with van der Waals surface area (Å²) in [5, 5.41) is 8.41. The largest absolute Gasteiger partial charge is 0.497 e. The van der Waals surface area contributed by atoms with Crippen molar-refractivity contribution in [2.45, 2.75) is 32.7 Å². The van der Waals surface area contributed by atoms with Gasteiger partial charge in [0.15, 0.2) is 5.65 Å². The number of carbonyl (C=O) groups excluding carboxylic acids is 2. The maximum absolute atomic E-state index is 13.3.